The van der Waals surface area contributed by atoms with Crippen LogP contribution in [-0.2, 0) is 57.1 Å². The number of H-pyrrole nitrogens is 1. The van der Waals surface area contributed by atoms with Crippen LogP contribution in [0.25, 0.3) is 5.32 Å². The molecule has 0 aliphatic rings. The average molecular weight is 850 g/mol. The topological polar surface area (TPSA) is 175 Å². The maximum absolute atomic E-state index is 10.9. The molecule has 0 aliphatic heterocycles. The largest absolute Gasteiger partial charge is 0.608 e. The molecule has 0 saturated carbocycles. The van der Waals surface area contributed by atoms with E-state index in [0.717, 1.165) is 19.6 Å². The van der Waals surface area contributed by atoms with Gasteiger partial charge in [0.25, 0.3) is 0 Å². The van der Waals surface area contributed by atoms with Gasteiger partial charge in [0.05, 0.1) is 0 Å². The van der Waals surface area contributed by atoms with Crippen molar-refractivity contribution in [1.82, 2.24) is 39.2 Å². The summed E-state index contributed by atoms with van der Waals surface area (Å²) in [5, 5.41) is 11.1. The van der Waals surface area contributed by atoms with Gasteiger partial charge in [0.1, 0.15) is 25.0 Å². The number of amides is 1. The van der Waals surface area contributed by atoms with Gasteiger partial charge in [0.15, 0.2) is 0 Å². The van der Waals surface area contributed by atoms with Gasteiger partial charge < -0.3 is 23.6 Å². The minimum atomic E-state index is -0.605. The van der Waals surface area contributed by atoms with E-state index in [0.29, 0.717) is 18.1 Å². The zero-order valence-electron chi connectivity index (χ0n) is 27.0. The van der Waals surface area contributed by atoms with Crippen molar-refractivity contribution in [3.05, 3.63) is 72.1 Å². The summed E-state index contributed by atoms with van der Waals surface area (Å²) in [5.41, 5.74) is -1.02. The van der Waals surface area contributed by atoms with E-state index in [-0.39, 0.29) is 57.2 Å². The first-order valence-corrected chi connectivity index (χ1v) is 14.6. The SMILES string of the molecule is CC(C)[N-]C(=O)C[N]=[W].CC(C)[n+]1cnco1.CC(C)n1cnc(=O)[nH]c1=O.CC(C)n1cnnc1.[CH2-]N([CH2-])C(C)C.[Y]. The number of nitrogens with one attached hydrogen (secondary N) is 1. The fraction of sp³-hybridized carbons (Fsp3) is 0.615. The number of nitrogens with zero attached hydrogens (tertiary/aromatic N) is 10. The van der Waals surface area contributed by atoms with Crippen molar-refractivity contribution in [3.63, 3.8) is 0 Å². The smallest absolute Gasteiger partial charge is 0.350 e. The van der Waals surface area contributed by atoms with E-state index < -0.39 is 11.4 Å². The van der Waals surface area contributed by atoms with E-state index in [9.17, 15) is 14.4 Å². The molecule has 0 spiro atoms. The molecule has 43 heavy (non-hydrogen) atoms. The second kappa shape index (κ2) is 26.3. The first-order valence-electron chi connectivity index (χ1n) is 13.3. The van der Waals surface area contributed by atoms with Crippen molar-refractivity contribution < 1.29 is 66.4 Å². The molecule has 0 atom stereocenters. The predicted octanol–water partition coefficient (Wildman–Crippen LogP) is 3.22. The third-order valence-corrected chi connectivity index (χ3v) is 5.05. The summed E-state index contributed by atoms with van der Waals surface area (Å²) in [6.07, 6.45) is 7.74. The Morgan fingerprint density at radius 3 is 1.86 bits per heavy atom. The quantitative estimate of drug-likeness (QED) is 0.277. The zero-order chi connectivity index (χ0) is 32.8. The zero-order valence-corrected chi connectivity index (χ0v) is 32.8. The molecule has 0 unspecified atom stereocenters. The van der Waals surface area contributed by atoms with Crippen LogP contribution in [-0.4, -0.2) is 63.7 Å². The Bertz CT molecular complexity index is 1150. The van der Waals surface area contributed by atoms with E-state index in [2.05, 4.69) is 61.9 Å². The molecule has 3 aromatic heterocycles. The van der Waals surface area contributed by atoms with Crippen LogP contribution in [0.5, 0.6) is 0 Å². The monoisotopic (exact) mass is 850 g/mol. The van der Waals surface area contributed by atoms with Gasteiger partial charge in [-0.2, -0.15) is 4.98 Å². The molecule has 15 nitrogen and oxygen atoms in total. The first-order chi connectivity index (χ1) is 19.5. The van der Waals surface area contributed by atoms with Crippen LogP contribution in [0.15, 0.2) is 49.3 Å². The molecule has 0 fully saturated rings. The number of aromatic nitrogens is 8. The molecule has 3 rings (SSSR count). The van der Waals surface area contributed by atoms with Gasteiger partial charge in [-0.25, -0.2) is 9.59 Å². The predicted molar refractivity (Wildman–Crippen MR) is 155 cm³/mol. The van der Waals surface area contributed by atoms with Gasteiger partial charge >= 0.3 is 89.7 Å². The Kier molecular flexibility index (Phi) is 27.8. The summed E-state index contributed by atoms with van der Waals surface area (Å²) < 4.78 is 13.6. The molecule has 3 heterocycles. The molecule has 0 aliphatic carbocycles. The van der Waals surface area contributed by atoms with Crippen LogP contribution < -0.4 is 16.1 Å². The second-order valence-corrected chi connectivity index (χ2v) is 10.9. The first kappa shape index (κ1) is 45.3. The number of carbonyl (C=O) groups is 1. The van der Waals surface area contributed by atoms with Crippen molar-refractivity contribution >= 4 is 5.91 Å². The maximum atomic E-state index is 10.9. The van der Waals surface area contributed by atoms with Gasteiger partial charge in [-0.15, -0.1) is 10.2 Å². The third-order valence-electron chi connectivity index (χ3n) is 4.59. The summed E-state index contributed by atoms with van der Waals surface area (Å²) >= 11 is 1.08. The molecule has 17 heteroatoms. The van der Waals surface area contributed by atoms with Crippen LogP contribution in [0.3, 0.4) is 0 Å². The number of aromatic amines is 1. The number of hydrogen-bond acceptors (Lipinski definition) is 10. The van der Waals surface area contributed by atoms with Gasteiger partial charge in [0, 0.05) is 44.8 Å². The Labute approximate surface area is 291 Å². The van der Waals surface area contributed by atoms with Gasteiger partial charge in [-0.05, 0) is 52.6 Å². The molecule has 1 radical (unpaired) electrons. The number of carbonyl (C=O) groups excluding carboxylic acids is 1. The van der Waals surface area contributed by atoms with Crippen LogP contribution >= 0.6 is 0 Å². The number of rotatable bonds is 7. The maximum Gasteiger partial charge on any atom is 0.350 e. The molecule has 1 N–H and O–H groups in total. The van der Waals surface area contributed by atoms with Crippen LogP contribution in [0.2, 0.25) is 0 Å². The van der Waals surface area contributed by atoms with Crippen LogP contribution in [0, 0.1) is 14.1 Å². The molecule has 0 saturated heterocycles. The Hall–Kier alpha value is -2.09. The van der Waals surface area contributed by atoms with Crippen LogP contribution in [0.1, 0.15) is 87.4 Å². The summed E-state index contributed by atoms with van der Waals surface area (Å²) in [4.78, 5) is 42.9. The number of hydrogen-bond donors (Lipinski definition) is 1. The fourth-order valence-corrected chi connectivity index (χ4v) is 2.44. The van der Waals surface area contributed by atoms with Gasteiger partial charge in [0.2, 0.25) is 0 Å². The summed E-state index contributed by atoms with van der Waals surface area (Å²) in [5.74, 6) is -0.111. The van der Waals surface area contributed by atoms with Crippen LogP contribution in [0.4, 0.5) is 0 Å². The molecule has 1 amide bonds. The average Bonchev–Trinajstić information content (AvgIpc) is 3.60. The Morgan fingerprint density at radius 2 is 1.58 bits per heavy atom. The normalized spacial score (nSPS) is 10.0. The van der Waals surface area contributed by atoms with Crippen molar-refractivity contribution in [2.45, 2.75) is 99.4 Å². The Balaban J connectivity index is -0.000000469. The van der Waals surface area contributed by atoms with Crippen molar-refractivity contribution in [1.29, 1.82) is 0 Å². The second-order valence-electron chi connectivity index (χ2n) is 10.00. The standard InChI is InChI=1S/C6H9N3O2.C5H9N3.C5H9N2O.C5H10N2O.C5H11N.W.Y/c1-4(2)9-3-7-5(10)8-6(9)11;1-5(2)8-3-6-7-4-8;1-5(2)7-3-6-4-8-7;1-4(2)7-5(8)3-6;1-5(2)6(3)4;;/h3-4H,1-2H3,(H,8,10,11);2*3-5H,1-2H3;4H,3H2,1-2H3,(H,7,8);5H,3-4H2,1-2H3;;/q;;+1;;-2;;/p-1. The molecule has 3 aromatic rings. The van der Waals surface area contributed by atoms with Gasteiger partial charge in [-0.1, -0.05) is 18.6 Å². The van der Waals surface area contributed by atoms with Crippen molar-refractivity contribution in [3.8, 4) is 0 Å². The molecule has 0 bridgehead atoms. The van der Waals surface area contributed by atoms with E-state index in [1.807, 2.05) is 60.0 Å². The molecular formula is C26H47N11O4WY-2. The van der Waals surface area contributed by atoms with E-state index in [1.54, 1.807) is 28.6 Å². The minimum absolute atomic E-state index is 0. The van der Waals surface area contributed by atoms with Crippen molar-refractivity contribution in [2.24, 2.45) is 3.50 Å². The summed E-state index contributed by atoms with van der Waals surface area (Å²) in [7, 11) is 7.12. The fourth-order valence-electron chi connectivity index (χ4n) is 2.04. The Morgan fingerprint density at radius 1 is 1.05 bits per heavy atom. The van der Waals surface area contributed by atoms with Gasteiger partial charge in [-0.3, -0.25) is 14.1 Å². The molecular weight excluding hydrogens is 803 g/mol. The summed E-state index contributed by atoms with van der Waals surface area (Å²) in [6.45, 7) is 20.0. The molecule has 241 valence electrons. The van der Waals surface area contributed by atoms with Crippen molar-refractivity contribution in [2.75, 3.05) is 6.54 Å². The van der Waals surface area contributed by atoms with E-state index >= 15 is 0 Å². The minimum Gasteiger partial charge on any atom is -0.608 e. The summed E-state index contributed by atoms with van der Waals surface area (Å²) in [6, 6.07) is 1.44. The third kappa shape index (κ3) is 25.0. The van der Waals surface area contributed by atoms with E-state index in [1.165, 1.54) is 17.3 Å². The molecule has 0 aromatic carbocycles. The van der Waals surface area contributed by atoms with E-state index in [4.69, 9.17) is 4.52 Å².